The van der Waals surface area contributed by atoms with Crippen molar-refractivity contribution in [2.24, 2.45) is 0 Å². The molecule has 0 saturated heterocycles. The zero-order valence-electron chi connectivity index (χ0n) is 39.0. The summed E-state index contributed by atoms with van der Waals surface area (Å²) in [4.78, 5) is 22.9. The first-order chi connectivity index (χ1) is 28.6. The van der Waals surface area contributed by atoms with Gasteiger partial charge in [0.25, 0.3) is 0 Å². The molecule has 2 atom stereocenters. The van der Waals surface area contributed by atoms with Gasteiger partial charge in [0.15, 0.2) is 6.10 Å². The molecule has 0 aliphatic rings. The molecule has 1 unspecified atom stereocenters. The second kappa shape index (κ2) is 42.7. The summed E-state index contributed by atoms with van der Waals surface area (Å²) in [6.45, 7) is 4.87. The van der Waals surface area contributed by atoms with E-state index < -0.39 is 13.9 Å². The van der Waals surface area contributed by atoms with Gasteiger partial charge in [-0.3, -0.25) is 13.8 Å². The Morgan fingerprint density at radius 1 is 0.542 bits per heavy atom. The van der Waals surface area contributed by atoms with Gasteiger partial charge in [0.1, 0.15) is 19.8 Å². The second-order valence-electron chi connectivity index (χ2n) is 17.2. The minimum atomic E-state index is -4.30. The van der Waals surface area contributed by atoms with E-state index in [1.54, 1.807) is 6.26 Å². The molecule has 0 amide bonds. The largest absolute Gasteiger partial charge is 0.498 e. The van der Waals surface area contributed by atoms with Crippen LogP contribution in [-0.4, -0.2) is 69.0 Å². The zero-order chi connectivity index (χ0) is 43.4. The van der Waals surface area contributed by atoms with Crippen LogP contribution in [0.2, 0.25) is 0 Å². The summed E-state index contributed by atoms with van der Waals surface area (Å²) in [7, 11) is 1.61. The summed E-state index contributed by atoms with van der Waals surface area (Å²) in [5.74, 6) is -0.365. The van der Waals surface area contributed by atoms with Crippen LogP contribution in [0.15, 0.2) is 60.9 Å². The van der Waals surface area contributed by atoms with E-state index in [1.165, 1.54) is 122 Å². The van der Waals surface area contributed by atoms with Crippen molar-refractivity contribution in [1.29, 1.82) is 0 Å². The van der Waals surface area contributed by atoms with Crippen LogP contribution in [0, 0.1) is 0 Å². The Hall–Kier alpha value is -1.96. The average Bonchev–Trinajstić information content (AvgIpc) is 3.19. The fourth-order valence-corrected chi connectivity index (χ4v) is 7.13. The van der Waals surface area contributed by atoms with Gasteiger partial charge in [0, 0.05) is 6.42 Å². The van der Waals surface area contributed by atoms with Crippen molar-refractivity contribution in [2.45, 2.75) is 206 Å². The first-order valence-electron chi connectivity index (χ1n) is 24.1. The second-order valence-corrected chi connectivity index (χ2v) is 18.7. The Bertz CT molecular complexity index is 1130. The topological polar surface area (TPSA) is 91.3 Å². The summed E-state index contributed by atoms with van der Waals surface area (Å²) in [5, 5.41) is 0. The fourth-order valence-electron chi connectivity index (χ4n) is 6.38. The lowest BCUT2D eigenvalue weighted by molar-refractivity contribution is -0.870. The predicted molar refractivity (Wildman–Crippen MR) is 251 cm³/mol. The van der Waals surface area contributed by atoms with Crippen LogP contribution in [0.25, 0.3) is 0 Å². The molecule has 0 aromatic rings. The van der Waals surface area contributed by atoms with Crippen LogP contribution >= 0.6 is 7.82 Å². The van der Waals surface area contributed by atoms with Crippen LogP contribution in [0.3, 0.4) is 0 Å². The molecular weight excluding hydrogens is 758 g/mol. The number of phosphoric acid groups is 1. The van der Waals surface area contributed by atoms with E-state index in [0.29, 0.717) is 17.4 Å². The number of esters is 1. The number of carbonyl (C=O) groups excluding carboxylic acids is 1. The number of phosphoric ester groups is 1. The van der Waals surface area contributed by atoms with Gasteiger partial charge < -0.3 is 18.9 Å². The average molecular weight is 851 g/mol. The number of carbonyl (C=O) groups is 1. The highest BCUT2D eigenvalue weighted by atomic mass is 31.2. The Kier molecular flexibility index (Phi) is 41.3. The van der Waals surface area contributed by atoms with Crippen molar-refractivity contribution in [3.8, 4) is 0 Å². The maximum atomic E-state index is 12.7. The summed E-state index contributed by atoms with van der Waals surface area (Å²) in [6.07, 6.45) is 55.0. The van der Waals surface area contributed by atoms with E-state index >= 15 is 0 Å². The van der Waals surface area contributed by atoms with Crippen molar-refractivity contribution >= 4 is 13.8 Å². The SMILES string of the molecule is CCCCC/C=C/C/C=C/C/C=C/C/C=C/CCCCCC(=O)O[C@H](CO/C=C/CCCCCCCCCCCCCCCCCC)COP(=O)(O)OCC[N+](C)(C)C. The lowest BCUT2D eigenvalue weighted by Gasteiger charge is -2.24. The summed E-state index contributed by atoms with van der Waals surface area (Å²) in [6, 6.07) is 0. The Morgan fingerprint density at radius 3 is 1.44 bits per heavy atom. The molecule has 0 bridgehead atoms. The van der Waals surface area contributed by atoms with Gasteiger partial charge in [-0.15, -0.1) is 0 Å². The van der Waals surface area contributed by atoms with Crippen LogP contribution in [0.4, 0.5) is 0 Å². The molecule has 0 spiro atoms. The van der Waals surface area contributed by atoms with Crippen molar-refractivity contribution < 1.29 is 37.3 Å². The maximum absolute atomic E-state index is 12.7. The third kappa shape index (κ3) is 47.0. The molecule has 0 fully saturated rings. The van der Waals surface area contributed by atoms with Gasteiger partial charge >= 0.3 is 13.8 Å². The number of likely N-dealkylation sites (N-methyl/N-ethyl adjacent to an activating group) is 1. The molecule has 0 aliphatic carbocycles. The molecule has 0 rings (SSSR count). The fraction of sp³-hybridized carbons (Fsp3) is 0.780. The molecule has 1 N–H and O–H groups in total. The molecule has 344 valence electrons. The number of ether oxygens (including phenoxy) is 2. The number of hydrogen-bond donors (Lipinski definition) is 1. The van der Waals surface area contributed by atoms with Gasteiger partial charge in [0.2, 0.25) is 0 Å². The number of hydrogen-bond acceptors (Lipinski definition) is 6. The highest BCUT2D eigenvalue weighted by molar-refractivity contribution is 7.47. The Labute approximate surface area is 364 Å². The quantitative estimate of drug-likeness (QED) is 0.0163. The van der Waals surface area contributed by atoms with E-state index in [1.807, 2.05) is 27.2 Å². The van der Waals surface area contributed by atoms with Crippen molar-refractivity contribution in [2.75, 3.05) is 47.5 Å². The van der Waals surface area contributed by atoms with Crippen molar-refractivity contribution in [3.63, 3.8) is 0 Å². The third-order valence-corrected chi connectivity index (χ3v) is 11.1. The van der Waals surface area contributed by atoms with Gasteiger partial charge in [-0.1, -0.05) is 178 Å². The first-order valence-corrected chi connectivity index (χ1v) is 25.6. The monoisotopic (exact) mass is 851 g/mol. The minimum Gasteiger partial charge on any atom is -0.498 e. The summed E-state index contributed by atoms with van der Waals surface area (Å²) in [5.41, 5.74) is 0. The number of rotatable bonds is 44. The van der Waals surface area contributed by atoms with E-state index in [2.05, 4.69) is 62.5 Å². The summed E-state index contributed by atoms with van der Waals surface area (Å²) >= 11 is 0. The smallest absolute Gasteiger partial charge is 0.472 e. The first kappa shape index (κ1) is 57.0. The molecule has 0 aromatic heterocycles. The molecule has 0 radical (unpaired) electrons. The van der Waals surface area contributed by atoms with Crippen LogP contribution < -0.4 is 0 Å². The van der Waals surface area contributed by atoms with E-state index in [-0.39, 0.29) is 32.2 Å². The molecule has 59 heavy (non-hydrogen) atoms. The minimum absolute atomic E-state index is 0.0339. The third-order valence-electron chi connectivity index (χ3n) is 10.1. The highest BCUT2D eigenvalue weighted by Crippen LogP contribution is 2.43. The molecule has 0 heterocycles. The van der Waals surface area contributed by atoms with Gasteiger partial charge in [-0.25, -0.2) is 4.57 Å². The van der Waals surface area contributed by atoms with E-state index in [9.17, 15) is 14.3 Å². The lowest BCUT2D eigenvalue weighted by Crippen LogP contribution is -2.37. The zero-order valence-corrected chi connectivity index (χ0v) is 39.9. The number of unbranched alkanes of at least 4 members (excludes halogenated alkanes) is 22. The molecule has 0 aliphatic heterocycles. The lowest BCUT2D eigenvalue weighted by atomic mass is 10.0. The molecular formula is C50H93NO7P+. The van der Waals surface area contributed by atoms with E-state index in [0.717, 1.165) is 51.4 Å². The van der Waals surface area contributed by atoms with Crippen molar-refractivity contribution in [1.82, 2.24) is 0 Å². The van der Waals surface area contributed by atoms with Gasteiger partial charge in [-0.2, -0.15) is 0 Å². The van der Waals surface area contributed by atoms with E-state index in [4.69, 9.17) is 18.5 Å². The van der Waals surface area contributed by atoms with Crippen LogP contribution in [-0.2, 0) is 27.9 Å². The molecule has 0 saturated carbocycles. The highest BCUT2D eigenvalue weighted by Gasteiger charge is 2.26. The van der Waals surface area contributed by atoms with Gasteiger partial charge in [-0.05, 0) is 70.3 Å². The van der Waals surface area contributed by atoms with Crippen LogP contribution in [0.1, 0.15) is 200 Å². The van der Waals surface area contributed by atoms with Gasteiger partial charge in [0.05, 0.1) is 34.0 Å². The standard InChI is InChI=1S/C50H92NO7P/c1-6-8-10-12-14-16-18-20-22-24-26-27-29-31-33-35-37-39-41-43-50(52)58-49(48-57-59(53,54)56-46-44-51(3,4)5)47-55-45-42-40-38-36-34-32-30-28-25-23-21-19-17-15-13-11-9-7-2/h14,16,20,22,26-27,31,33,42,45,49H,6-13,15,17-19,21,23-25,28-30,32,34-41,43-44,46-48H2,1-5H3/p+1/b16-14+,22-20+,27-26+,33-31+,45-42+/t49-/m1/s1. The maximum Gasteiger partial charge on any atom is 0.472 e. The summed E-state index contributed by atoms with van der Waals surface area (Å²) < 4.78 is 34.8. The Morgan fingerprint density at radius 2 is 0.949 bits per heavy atom. The normalized spacial score (nSPS) is 14.1. The molecule has 9 heteroatoms. The predicted octanol–water partition coefficient (Wildman–Crippen LogP) is 14.8. The molecule has 8 nitrogen and oxygen atoms in total. The van der Waals surface area contributed by atoms with Crippen molar-refractivity contribution in [3.05, 3.63) is 60.9 Å². The van der Waals surface area contributed by atoms with Crippen LogP contribution in [0.5, 0.6) is 0 Å². The molecule has 0 aromatic carbocycles. The number of allylic oxidation sites excluding steroid dienone is 9. The number of nitrogens with zero attached hydrogens (tertiary/aromatic N) is 1. The Balaban J connectivity index is 4.31. The number of quaternary nitrogens is 1.